The molecule has 3 heteroatoms. The monoisotopic (exact) mass is 343 g/mol. The molecule has 1 aliphatic heterocycles. The highest BCUT2D eigenvalue weighted by Crippen LogP contribution is 2.45. The molecule has 1 unspecified atom stereocenters. The standard InChI is InChI=1S/C23H21NO2/c1-23(15-16-8-4-3-5-9-16)20-13-7-12-19(21(20)24-22(23)25)17-10-6-11-18(14-17)26-2/h3-14H,15H2,1-2H3,(H,24,25). The van der Waals surface area contributed by atoms with Gasteiger partial charge < -0.3 is 10.1 Å². The molecule has 0 saturated heterocycles. The number of para-hydroxylation sites is 1. The normalized spacial score (nSPS) is 18.3. The Bertz CT molecular complexity index is 965. The summed E-state index contributed by atoms with van der Waals surface area (Å²) in [6.07, 6.45) is 0.675. The lowest BCUT2D eigenvalue weighted by Gasteiger charge is -2.22. The van der Waals surface area contributed by atoms with Crippen molar-refractivity contribution >= 4 is 11.6 Å². The summed E-state index contributed by atoms with van der Waals surface area (Å²) in [7, 11) is 1.66. The van der Waals surface area contributed by atoms with Crippen molar-refractivity contribution in [1.29, 1.82) is 0 Å². The number of carbonyl (C=O) groups excluding carboxylic acids is 1. The quantitative estimate of drug-likeness (QED) is 0.738. The molecule has 0 fully saturated rings. The first-order valence-corrected chi connectivity index (χ1v) is 8.75. The van der Waals surface area contributed by atoms with Crippen LogP contribution < -0.4 is 10.1 Å². The molecule has 3 aromatic carbocycles. The van der Waals surface area contributed by atoms with Crippen LogP contribution in [0.15, 0.2) is 72.8 Å². The molecule has 26 heavy (non-hydrogen) atoms. The Hall–Kier alpha value is -3.07. The number of nitrogens with one attached hydrogen (secondary N) is 1. The number of carbonyl (C=O) groups is 1. The molecule has 0 bridgehead atoms. The fourth-order valence-corrected chi connectivity index (χ4v) is 3.73. The Morgan fingerprint density at radius 2 is 1.73 bits per heavy atom. The number of anilines is 1. The van der Waals surface area contributed by atoms with Crippen LogP contribution in [0.2, 0.25) is 0 Å². The van der Waals surface area contributed by atoms with Gasteiger partial charge >= 0.3 is 0 Å². The van der Waals surface area contributed by atoms with Crippen LogP contribution in [0, 0.1) is 0 Å². The molecule has 1 amide bonds. The van der Waals surface area contributed by atoms with Crippen LogP contribution >= 0.6 is 0 Å². The second-order valence-corrected chi connectivity index (χ2v) is 6.91. The maximum atomic E-state index is 12.9. The van der Waals surface area contributed by atoms with Gasteiger partial charge in [0.05, 0.1) is 18.2 Å². The van der Waals surface area contributed by atoms with E-state index in [1.807, 2.05) is 61.5 Å². The molecule has 1 atom stereocenters. The Kier molecular flexibility index (Phi) is 4.00. The third-order valence-corrected chi connectivity index (χ3v) is 5.18. The van der Waals surface area contributed by atoms with Crippen molar-refractivity contribution < 1.29 is 9.53 Å². The zero-order valence-corrected chi connectivity index (χ0v) is 15.0. The molecular weight excluding hydrogens is 322 g/mol. The largest absolute Gasteiger partial charge is 0.497 e. The summed E-state index contributed by atoms with van der Waals surface area (Å²) in [5.41, 5.74) is 4.59. The summed E-state index contributed by atoms with van der Waals surface area (Å²) >= 11 is 0. The molecule has 0 aliphatic carbocycles. The molecule has 130 valence electrons. The van der Waals surface area contributed by atoms with E-state index >= 15 is 0 Å². The molecule has 1 N–H and O–H groups in total. The first-order valence-electron chi connectivity index (χ1n) is 8.75. The number of benzene rings is 3. The Morgan fingerprint density at radius 1 is 0.962 bits per heavy atom. The van der Waals surface area contributed by atoms with Gasteiger partial charge in [-0.25, -0.2) is 0 Å². The van der Waals surface area contributed by atoms with E-state index in [0.717, 1.165) is 33.7 Å². The van der Waals surface area contributed by atoms with Crippen LogP contribution in [0.1, 0.15) is 18.1 Å². The van der Waals surface area contributed by atoms with Crippen molar-refractivity contribution in [1.82, 2.24) is 0 Å². The first-order chi connectivity index (χ1) is 12.6. The minimum absolute atomic E-state index is 0.0479. The maximum Gasteiger partial charge on any atom is 0.235 e. The average Bonchev–Trinajstić information content (AvgIpc) is 2.93. The van der Waals surface area contributed by atoms with E-state index in [1.165, 1.54) is 0 Å². The van der Waals surface area contributed by atoms with Gasteiger partial charge in [-0.15, -0.1) is 0 Å². The predicted octanol–water partition coefficient (Wildman–Crippen LogP) is 4.81. The zero-order valence-electron chi connectivity index (χ0n) is 15.0. The number of rotatable bonds is 4. The van der Waals surface area contributed by atoms with Crippen LogP contribution in [-0.4, -0.2) is 13.0 Å². The van der Waals surface area contributed by atoms with Gasteiger partial charge in [0.1, 0.15) is 5.75 Å². The maximum absolute atomic E-state index is 12.9. The lowest BCUT2D eigenvalue weighted by atomic mass is 9.77. The minimum atomic E-state index is -0.578. The van der Waals surface area contributed by atoms with E-state index in [2.05, 4.69) is 23.5 Å². The van der Waals surface area contributed by atoms with Crippen molar-refractivity contribution in [2.24, 2.45) is 0 Å². The van der Waals surface area contributed by atoms with E-state index < -0.39 is 5.41 Å². The summed E-state index contributed by atoms with van der Waals surface area (Å²) < 4.78 is 5.35. The second kappa shape index (κ2) is 6.34. The SMILES string of the molecule is COc1cccc(-c2cccc3c2NC(=O)C3(C)Cc2ccccc2)c1. The van der Waals surface area contributed by atoms with Crippen LogP contribution in [0.4, 0.5) is 5.69 Å². The molecular formula is C23H21NO2. The van der Waals surface area contributed by atoms with Crippen LogP contribution in [-0.2, 0) is 16.6 Å². The van der Waals surface area contributed by atoms with Crippen molar-refractivity contribution in [3.8, 4) is 16.9 Å². The molecule has 0 spiro atoms. The van der Waals surface area contributed by atoms with E-state index in [4.69, 9.17) is 4.74 Å². The lowest BCUT2D eigenvalue weighted by Crippen LogP contribution is -2.33. The minimum Gasteiger partial charge on any atom is -0.497 e. The predicted molar refractivity (Wildman–Crippen MR) is 105 cm³/mol. The number of fused-ring (bicyclic) bond motifs is 1. The van der Waals surface area contributed by atoms with Gasteiger partial charge in [0, 0.05) is 5.56 Å². The highest BCUT2D eigenvalue weighted by Gasteiger charge is 2.43. The molecule has 1 aliphatic rings. The fourth-order valence-electron chi connectivity index (χ4n) is 3.73. The smallest absolute Gasteiger partial charge is 0.235 e. The van der Waals surface area contributed by atoms with Crippen molar-refractivity contribution in [2.45, 2.75) is 18.8 Å². The van der Waals surface area contributed by atoms with Crippen molar-refractivity contribution in [3.05, 3.63) is 83.9 Å². The number of methoxy groups -OCH3 is 1. The molecule has 0 radical (unpaired) electrons. The highest BCUT2D eigenvalue weighted by atomic mass is 16.5. The summed E-state index contributed by atoms with van der Waals surface area (Å²) in [4.78, 5) is 12.9. The van der Waals surface area contributed by atoms with E-state index in [-0.39, 0.29) is 5.91 Å². The molecule has 4 rings (SSSR count). The molecule has 3 aromatic rings. The number of hydrogen-bond donors (Lipinski definition) is 1. The summed E-state index contributed by atoms with van der Waals surface area (Å²) in [6.45, 7) is 2.02. The van der Waals surface area contributed by atoms with Gasteiger partial charge in [0.25, 0.3) is 0 Å². The highest BCUT2D eigenvalue weighted by molar-refractivity contribution is 6.09. The Labute approximate surface area is 153 Å². The number of hydrogen-bond acceptors (Lipinski definition) is 2. The zero-order chi connectivity index (χ0) is 18.1. The van der Waals surface area contributed by atoms with E-state index in [9.17, 15) is 4.79 Å². The van der Waals surface area contributed by atoms with Gasteiger partial charge in [0.15, 0.2) is 0 Å². The second-order valence-electron chi connectivity index (χ2n) is 6.91. The van der Waals surface area contributed by atoms with E-state index in [1.54, 1.807) is 7.11 Å². The van der Waals surface area contributed by atoms with Crippen molar-refractivity contribution in [2.75, 3.05) is 12.4 Å². The van der Waals surface area contributed by atoms with Gasteiger partial charge in [-0.2, -0.15) is 0 Å². The third-order valence-electron chi connectivity index (χ3n) is 5.18. The van der Waals surface area contributed by atoms with Crippen LogP contribution in [0.5, 0.6) is 5.75 Å². The van der Waals surface area contributed by atoms with Crippen molar-refractivity contribution in [3.63, 3.8) is 0 Å². The first kappa shape index (κ1) is 16.4. The molecule has 1 heterocycles. The molecule has 3 nitrogen and oxygen atoms in total. The number of amides is 1. The van der Waals surface area contributed by atoms with Gasteiger partial charge in [-0.05, 0) is 42.2 Å². The topological polar surface area (TPSA) is 38.3 Å². The summed E-state index contributed by atoms with van der Waals surface area (Å²) in [6, 6.07) is 24.2. The molecule has 0 saturated carbocycles. The lowest BCUT2D eigenvalue weighted by molar-refractivity contribution is -0.120. The van der Waals surface area contributed by atoms with Gasteiger partial charge in [0.2, 0.25) is 5.91 Å². The van der Waals surface area contributed by atoms with Gasteiger partial charge in [-0.1, -0.05) is 60.7 Å². The van der Waals surface area contributed by atoms with E-state index in [0.29, 0.717) is 6.42 Å². The van der Waals surface area contributed by atoms with Crippen LogP contribution in [0.25, 0.3) is 11.1 Å². The Balaban J connectivity index is 1.80. The average molecular weight is 343 g/mol. The Morgan fingerprint density at radius 3 is 2.50 bits per heavy atom. The third kappa shape index (κ3) is 2.66. The van der Waals surface area contributed by atoms with Gasteiger partial charge in [-0.3, -0.25) is 4.79 Å². The molecule has 0 aromatic heterocycles. The fraction of sp³-hybridized carbons (Fsp3) is 0.174. The number of ether oxygens (including phenoxy) is 1. The summed E-state index contributed by atoms with van der Waals surface area (Å²) in [5.74, 6) is 0.850. The summed E-state index contributed by atoms with van der Waals surface area (Å²) in [5, 5.41) is 3.13. The van der Waals surface area contributed by atoms with Crippen LogP contribution in [0.3, 0.4) is 0 Å².